The molecule has 3 rings (SSSR count). The van der Waals surface area contributed by atoms with Gasteiger partial charge in [0.15, 0.2) is 0 Å². The summed E-state index contributed by atoms with van der Waals surface area (Å²) in [4.78, 5) is 18.4. The van der Waals surface area contributed by atoms with Crippen molar-refractivity contribution in [3.8, 4) is 0 Å². The minimum atomic E-state index is -0.210. The standard InChI is InChI=1S/C21H26FN3O/c1-15-13-23-11-10-18(15)14-25(2)21(26)24-20-5-3-4-17(20)12-16-6-8-19(22)9-7-16/h6-11,13,17,20H,3-5,12,14H2,1-2H3,(H,24,26)/t17-,20-/m0/s1. The van der Waals surface area contributed by atoms with E-state index in [0.717, 1.165) is 42.4 Å². The molecular weight excluding hydrogens is 329 g/mol. The summed E-state index contributed by atoms with van der Waals surface area (Å²) < 4.78 is 13.1. The predicted octanol–water partition coefficient (Wildman–Crippen LogP) is 4.08. The number of aryl methyl sites for hydroxylation is 1. The van der Waals surface area contributed by atoms with Crippen LogP contribution in [-0.2, 0) is 13.0 Å². The molecule has 1 aliphatic rings. The van der Waals surface area contributed by atoms with Crippen LogP contribution in [0.25, 0.3) is 0 Å². The molecule has 5 heteroatoms. The summed E-state index contributed by atoms with van der Waals surface area (Å²) >= 11 is 0. The normalized spacial score (nSPS) is 19.3. The zero-order valence-electron chi connectivity index (χ0n) is 15.4. The number of carbonyl (C=O) groups excluding carboxylic acids is 1. The van der Waals surface area contributed by atoms with Crippen molar-refractivity contribution < 1.29 is 9.18 Å². The van der Waals surface area contributed by atoms with Gasteiger partial charge in [0.25, 0.3) is 0 Å². The lowest BCUT2D eigenvalue weighted by Crippen LogP contribution is -2.44. The van der Waals surface area contributed by atoms with Crippen LogP contribution in [0.2, 0.25) is 0 Å². The highest BCUT2D eigenvalue weighted by atomic mass is 19.1. The highest BCUT2D eigenvalue weighted by molar-refractivity contribution is 5.74. The molecule has 2 atom stereocenters. The fourth-order valence-corrected chi connectivity index (χ4v) is 3.67. The number of hydrogen-bond donors (Lipinski definition) is 1. The first kappa shape index (κ1) is 18.4. The molecule has 2 amide bonds. The molecule has 138 valence electrons. The number of aromatic nitrogens is 1. The van der Waals surface area contributed by atoms with Crippen molar-refractivity contribution in [1.82, 2.24) is 15.2 Å². The number of pyridine rings is 1. The summed E-state index contributed by atoms with van der Waals surface area (Å²) in [5, 5.41) is 3.20. The van der Waals surface area contributed by atoms with Crippen LogP contribution < -0.4 is 5.32 Å². The molecule has 0 unspecified atom stereocenters. The van der Waals surface area contributed by atoms with Gasteiger partial charge in [-0.15, -0.1) is 0 Å². The number of rotatable bonds is 5. The van der Waals surface area contributed by atoms with Gasteiger partial charge in [-0.25, -0.2) is 9.18 Å². The fourth-order valence-electron chi connectivity index (χ4n) is 3.67. The second-order valence-electron chi connectivity index (χ2n) is 7.24. The molecule has 0 saturated heterocycles. The molecule has 1 N–H and O–H groups in total. The Morgan fingerprint density at radius 2 is 2.04 bits per heavy atom. The number of benzene rings is 1. The first-order chi connectivity index (χ1) is 12.5. The van der Waals surface area contributed by atoms with E-state index in [1.165, 1.54) is 12.1 Å². The van der Waals surface area contributed by atoms with E-state index in [1.807, 2.05) is 38.4 Å². The van der Waals surface area contributed by atoms with Gasteiger partial charge in [-0.05, 0) is 67.0 Å². The fraction of sp³-hybridized carbons (Fsp3) is 0.429. The average molecular weight is 355 g/mol. The molecule has 0 bridgehead atoms. The largest absolute Gasteiger partial charge is 0.335 e. The quantitative estimate of drug-likeness (QED) is 0.878. The van der Waals surface area contributed by atoms with Crippen molar-refractivity contribution >= 4 is 6.03 Å². The van der Waals surface area contributed by atoms with Gasteiger partial charge >= 0.3 is 6.03 Å². The molecule has 0 spiro atoms. The van der Waals surface area contributed by atoms with E-state index in [1.54, 1.807) is 11.1 Å². The number of halogens is 1. The molecular formula is C21H26FN3O. The number of carbonyl (C=O) groups is 1. The number of amides is 2. The summed E-state index contributed by atoms with van der Waals surface area (Å²) in [5.74, 6) is 0.193. The Balaban J connectivity index is 1.57. The Morgan fingerprint density at radius 3 is 2.77 bits per heavy atom. The van der Waals surface area contributed by atoms with Crippen LogP contribution >= 0.6 is 0 Å². The van der Waals surface area contributed by atoms with Gasteiger partial charge in [-0.1, -0.05) is 18.6 Å². The molecule has 1 fully saturated rings. The lowest BCUT2D eigenvalue weighted by Gasteiger charge is -2.25. The van der Waals surface area contributed by atoms with Crippen LogP contribution in [0.1, 0.15) is 36.0 Å². The van der Waals surface area contributed by atoms with E-state index >= 15 is 0 Å². The van der Waals surface area contributed by atoms with E-state index < -0.39 is 0 Å². The predicted molar refractivity (Wildman–Crippen MR) is 100 cm³/mol. The zero-order chi connectivity index (χ0) is 18.5. The molecule has 1 aromatic carbocycles. The van der Waals surface area contributed by atoms with Gasteiger partial charge < -0.3 is 10.2 Å². The van der Waals surface area contributed by atoms with Crippen molar-refractivity contribution in [1.29, 1.82) is 0 Å². The number of hydrogen-bond acceptors (Lipinski definition) is 2. The van der Waals surface area contributed by atoms with Crippen molar-refractivity contribution in [3.05, 3.63) is 65.2 Å². The zero-order valence-corrected chi connectivity index (χ0v) is 15.4. The number of nitrogens with one attached hydrogen (secondary N) is 1. The van der Waals surface area contributed by atoms with E-state index in [4.69, 9.17) is 0 Å². The van der Waals surface area contributed by atoms with E-state index in [-0.39, 0.29) is 17.9 Å². The maximum absolute atomic E-state index is 13.1. The maximum atomic E-state index is 13.1. The van der Waals surface area contributed by atoms with E-state index in [0.29, 0.717) is 12.5 Å². The second-order valence-corrected chi connectivity index (χ2v) is 7.24. The highest BCUT2D eigenvalue weighted by Crippen LogP contribution is 2.29. The Bertz CT molecular complexity index is 747. The summed E-state index contributed by atoms with van der Waals surface area (Å²) in [5.41, 5.74) is 3.31. The van der Waals surface area contributed by atoms with Gasteiger partial charge in [0.05, 0.1) is 0 Å². The topological polar surface area (TPSA) is 45.2 Å². The third kappa shape index (κ3) is 4.59. The second kappa shape index (κ2) is 8.30. The molecule has 1 aromatic heterocycles. The third-order valence-electron chi connectivity index (χ3n) is 5.27. The number of urea groups is 1. The van der Waals surface area contributed by atoms with Gasteiger partial charge in [-0.3, -0.25) is 4.98 Å². The molecule has 1 aliphatic carbocycles. The summed E-state index contributed by atoms with van der Waals surface area (Å²) in [6.07, 6.45) is 7.65. The first-order valence-electron chi connectivity index (χ1n) is 9.18. The molecule has 0 aliphatic heterocycles. The molecule has 4 nitrogen and oxygen atoms in total. The lowest BCUT2D eigenvalue weighted by atomic mass is 9.94. The molecule has 0 radical (unpaired) electrons. The van der Waals surface area contributed by atoms with Crippen LogP contribution in [0.4, 0.5) is 9.18 Å². The monoisotopic (exact) mass is 355 g/mol. The molecule has 1 heterocycles. The summed E-state index contributed by atoms with van der Waals surface area (Å²) in [7, 11) is 1.82. The molecule has 2 aromatic rings. The van der Waals surface area contributed by atoms with Crippen LogP contribution in [0.15, 0.2) is 42.7 Å². The minimum absolute atomic E-state index is 0.0442. The van der Waals surface area contributed by atoms with Crippen LogP contribution in [-0.4, -0.2) is 29.0 Å². The van der Waals surface area contributed by atoms with Crippen molar-refractivity contribution in [2.75, 3.05) is 7.05 Å². The SMILES string of the molecule is Cc1cnccc1CN(C)C(=O)N[C@H]1CCC[C@H]1Cc1ccc(F)cc1. The van der Waals surface area contributed by atoms with Gasteiger partial charge in [0.1, 0.15) is 5.82 Å². The Morgan fingerprint density at radius 1 is 1.27 bits per heavy atom. The molecule has 26 heavy (non-hydrogen) atoms. The number of nitrogens with zero attached hydrogens (tertiary/aromatic N) is 2. The Hall–Kier alpha value is -2.43. The maximum Gasteiger partial charge on any atom is 0.317 e. The first-order valence-corrected chi connectivity index (χ1v) is 9.18. The van der Waals surface area contributed by atoms with Gasteiger partial charge in [-0.2, -0.15) is 0 Å². The van der Waals surface area contributed by atoms with Gasteiger partial charge in [0.2, 0.25) is 0 Å². The van der Waals surface area contributed by atoms with Crippen LogP contribution in [0.3, 0.4) is 0 Å². The summed E-state index contributed by atoms with van der Waals surface area (Å²) in [6.45, 7) is 2.57. The van der Waals surface area contributed by atoms with Crippen molar-refractivity contribution in [2.45, 2.75) is 45.2 Å². The van der Waals surface area contributed by atoms with Crippen LogP contribution in [0.5, 0.6) is 0 Å². The van der Waals surface area contributed by atoms with Gasteiger partial charge in [0, 0.05) is 32.0 Å². The van der Waals surface area contributed by atoms with Crippen LogP contribution in [0, 0.1) is 18.7 Å². The van der Waals surface area contributed by atoms with Crippen molar-refractivity contribution in [2.24, 2.45) is 5.92 Å². The highest BCUT2D eigenvalue weighted by Gasteiger charge is 2.29. The lowest BCUT2D eigenvalue weighted by molar-refractivity contribution is 0.199. The van der Waals surface area contributed by atoms with Crippen molar-refractivity contribution in [3.63, 3.8) is 0 Å². The minimum Gasteiger partial charge on any atom is -0.335 e. The summed E-state index contributed by atoms with van der Waals surface area (Å²) in [6, 6.07) is 8.76. The Kier molecular flexibility index (Phi) is 5.86. The van der Waals surface area contributed by atoms with E-state index in [2.05, 4.69) is 10.3 Å². The Labute approximate surface area is 154 Å². The van der Waals surface area contributed by atoms with E-state index in [9.17, 15) is 9.18 Å². The average Bonchev–Trinajstić information content (AvgIpc) is 3.05. The third-order valence-corrected chi connectivity index (χ3v) is 5.27. The molecule has 1 saturated carbocycles. The smallest absolute Gasteiger partial charge is 0.317 e.